The summed E-state index contributed by atoms with van der Waals surface area (Å²) in [6, 6.07) is 7.13. The maximum absolute atomic E-state index is 13.6. The first-order valence-corrected chi connectivity index (χ1v) is 13.2. The predicted molar refractivity (Wildman–Crippen MR) is 135 cm³/mol. The van der Waals surface area contributed by atoms with E-state index in [1.54, 1.807) is 42.2 Å². The lowest BCUT2D eigenvalue weighted by Gasteiger charge is -2.42. The lowest BCUT2D eigenvalue weighted by atomic mass is 9.71. The molecule has 0 unspecified atom stereocenters. The van der Waals surface area contributed by atoms with Crippen molar-refractivity contribution in [2.24, 2.45) is 5.41 Å². The third-order valence-electron chi connectivity index (χ3n) is 8.13. The number of benzene rings is 1. The molecule has 1 aromatic rings. The van der Waals surface area contributed by atoms with Gasteiger partial charge in [-0.3, -0.25) is 9.59 Å². The largest absolute Gasteiger partial charge is 0.493 e. The van der Waals surface area contributed by atoms with Gasteiger partial charge in [0.25, 0.3) is 5.91 Å². The number of nitrogens with zero attached hydrogens (tertiary/aromatic N) is 3. The van der Waals surface area contributed by atoms with Crippen molar-refractivity contribution in [1.29, 1.82) is 5.26 Å². The normalized spacial score (nSPS) is 27.8. The number of likely N-dealkylation sites (N-methyl/N-ethyl adjacent to an activating group) is 1. The van der Waals surface area contributed by atoms with Crippen LogP contribution in [0.3, 0.4) is 0 Å². The van der Waals surface area contributed by atoms with Crippen LogP contribution in [0.4, 0.5) is 0 Å². The van der Waals surface area contributed by atoms with Gasteiger partial charge in [0.05, 0.1) is 36.0 Å². The van der Waals surface area contributed by atoms with E-state index >= 15 is 0 Å². The zero-order valence-electron chi connectivity index (χ0n) is 21.8. The molecule has 0 radical (unpaired) electrons. The van der Waals surface area contributed by atoms with Crippen LogP contribution >= 0.6 is 0 Å². The van der Waals surface area contributed by atoms with E-state index in [4.69, 9.17) is 14.2 Å². The van der Waals surface area contributed by atoms with Crippen molar-refractivity contribution >= 4 is 11.8 Å². The number of hydrogen-bond donors (Lipinski definition) is 0. The third kappa shape index (κ3) is 6.01. The monoisotopic (exact) mass is 497 g/mol. The molecule has 36 heavy (non-hydrogen) atoms. The molecular weight excluding hydrogens is 458 g/mol. The van der Waals surface area contributed by atoms with Crippen LogP contribution in [-0.2, 0) is 14.3 Å². The zero-order chi connectivity index (χ0) is 25.7. The van der Waals surface area contributed by atoms with Gasteiger partial charge in [0.2, 0.25) is 5.91 Å². The van der Waals surface area contributed by atoms with Crippen LogP contribution in [0.2, 0.25) is 0 Å². The molecule has 3 aliphatic rings. The van der Waals surface area contributed by atoms with Gasteiger partial charge in [-0.25, -0.2) is 0 Å². The lowest BCUT2D eigenvalue weighted by molar-refractivity contribution is -0.152. The highest BCUT2D eigenvalue weighted by Gasteiger charge is 2.39. The maximum atomic E-state index is 13.6. The number of nitriles is 1. The van der Waals surface area contributed by atoms with Crippen LogP contribution < -0.4 is 4.74 Å². The number of rotatable bonds is 1. The van der Waals surface area contributed by atoms with Crippen molar-refractivity contribution in [3.63, 3.8) is 0 Å². The Balaban J connectivity index is 1.66. The molecule has 2 heterocycles. The molecule has 0 N–H and O–H groups in total. The lowest BCUT2D eigenvalue weighted by Crippen LogP contribution is -2.49. The van der Waals surface area contributed by atoms with Crippen molar-refractivity contribution in [3.05, 3.63) is 29.3 Å². The minimum absolute atomic E-state index is 0.0114. The summed E-state index contributed by atoms with van der Waals surface area (Å²) < 4.78 is 18.2. The number of ether oxygens (including phenoxy) is 3. The van der Waals surface area contributed by atoms with Crippen molar-refractivity contribution in [3.8, 4) is 11.8 Å². The molecule has 2 bridgehead atoms. The first kappa shape index (κ1) is 26.4. The van der Waals surface area contributed by atoms with Crippen molar-refractivity contribution in [2.45, 2.75) is 76.1 Å². The summed E-state index contributed by atoms with van der Waals surface area (Å²) in [7, 11) is 5.34. The fourth-order valence-electron chi connectivity index (χ4n) is 6.07. The maximum Gasteiger partial charge on any atom is 0.257 e. The van der Waals surface area contributed by atoms with Crippen LogP contribution in [0.5, 0.6) is 5.75 Å². The second kappa shape index (κ2) is 11.6. The van der Waals surface area contributed by atoms with Crippen LogP contribution in [0.25, 0.3) is 0 Å². The van der Waals surface area contributed by atoms with E-state index < -0.39 is 0 Å². The molecule has 4 rings (SSSR count). The van der Waals surface area contributed by atoms with E-state index in [9.17, 15) is 14.9 Å². The smallest absolute Gasteiger partial charge is 0.257 e. The first-order valence-electron chi connectivity index (χ1n) is 13.2. The number of amides is 2. The fraction of sp³-hybridized carbons (Fsp3) is 0.679. The number of fused-ring (bicyclic) bond motifs is 3. The highest BCUT2D eigenvalue weighted by Crippen LogP contribution is 2.41. The Labute approximate surface area is 214 Å². The number of methoxy groups -OCH3 is 1. The highest BCUT2D eigenvalue weighted by atomic mass is 16.5. The average Bonchev–Trinajstić information content (AvgIpc) is 2.88. The summed E-state index contributed by atoms with van der Waals surface area (Å²) in [5.41, 5.74) is 0.539. The van der Waals surface area contributed by atoms with E-state index in [-0.39, 0.29) is 35.5 Å². The molecule has 3 atom stereocenters. The summed E-state index contributed by atoms with van der Waals surface area (Å²) in [6.07, 6.45) is 7.61. The molecule has 1 spiro atoms. The minimum atomic E-state index is -0.268. The quantitative estimate of drug-likeness (QED) is 0.587. The Hall–Kier alpha value is -2.63. The van der Waals surface area contributed by atoms with Gasteiger partial charge in [-0.1, -0.05) is 19.3 Å². The molecule has 1 aromatic carbocycles. The Kier molecular flexibility index (Phi) is 8.53. The molecule has 8 heteroatoms. The molecule has 1 saturated carbocycles. The predicted octanol–water partition coefficient (Wildman–Crippen LogP) is 3.77. The molecule has 8 nitrogen and oxygen atoms in total. The second-order valence-corrected chi connectivity index (χ2v) is 10.8. The Morgan fingerprint density at radius 1 is 1.08 bits per heavy atom. The van der Waals surface area contributed by atoms with Gasteiger partial charge in [0.1, 0.15) is 11.9 Å². The highest BCUT2D eigenvalue weighted by molar-refractivity contribution is 5.97. The number of carbonyl (C=O) groups excluding carboxylic acids is 2. The SMILES string of the molecule is CO[C@@H]1CC[C@@H]2CCOc3ccc(C#N)cc3C(=O)N(C)CC3(CCCCC3)CC(=O)N(C)C[C@@H]1O2. The van der Waals surface area contributed by atoms with Gasteiger partial charge in [0, 0.05) is 47.1 Å². The second-order valence-electron chi connectivity index (χ2n) is 10.8. The first-order chi connectivity index (χ1) is 17.3. The number of hydrogen-bond acceptors (Lipinski definition) is 6. The minimum Gasteiger partial charge on any atom is -0.493 e. The molecule has 1 aliphatic carbocycles. The van der Waals surface area contributed by atoms with Crippen molar-refractivity contribution in [1.82, 2.24) is 9.80 Å². The molecule has 2 aliphatic heterocycles. The zero-order valence-corrected chi connectivity index (χ0v) is 21.8. The Morgan fingerprint density at radius 3 is 2.58 bits per heavy atom. The van der Waals surface area contributed by atoms with Crippen molar-refractivity contribution < 1.29 is 23.8 Å². The number of carbonyl (C=O) groups is 2. The molecule has 2 amide bonds. The van der Waals surface area contributed by atoms with E-state index in [0.29, 0.717) is 49.4 Å². The molecule has 1 saturated heterocycles. The Morgan fingerprint density at radius 2 is 1.86 bits per heavy atom. The average molecular weight is 498 g/mol. The summed E-state index contributed by atoms with van der Waals surface area (Å²) >= 11 is 0. The summed E-state index contributed by atoms with van der Waals surface area (Å²) in [6.45, 7) is 1.37. The van der Waals surface area contributed by atoms with Crippen LogP contribution in [0, 0.1) is 16.7 Å². The van der Waals surface area contributed by atoms with Crippen LogP contribution in [0.15, 0.2) is 18.2 Å². The standard InChI is InChI=1S/C28H39N3O5/c1-30-18-25-24(34-3)10-8-21(36-25)11-14-35-23-9-7-20(17-29)15-22(23)27(33)31(2)19-28(16-26(30)32)12-5-4-6-13-28/h7,9,15,21,24-25H,4-6,8,10-14,16,18-19H2,1-3H3/t21-,24-,25+/m1/s1. The van der Waals surface area contributed by atoms with Gasteiger partial charge >= 0.3 is 0 Å². The van der Waals surface area contributed by atoms with Gasteiger partial charge in [-0.15, -0.1) is 0 Å². The van der Waals surface area contributed by atoms with Crippen LogP contribution in [-0.4, -0.2) is 80.8 Å². The summed E-state index contributed by atoms with van der Waals surface area (Å²) in [5, 5.41) is 9.43. The van der Waals surface area contributed by atoms with Gasteiger partial charge < -0.3 is 24.0 Å². The van der Waals surface area contributed by atoms with E-state index in [0.717, 1.165) is 44.9 Å². The summed E-state index contributed by atoms with van der Waals surface area (Å²) in [4.78, 5) is 30.6. The fourth-order valence-corrected chi connectivity index (χ4v) is 6.07. The van der Waals surface area contributed by atoms with E-state index in [2.05, 4.69) is 6.07 Å². The third-order valence-corrected chi connectivity index (χ3v) is 8.13. The Bertz CT molecular complexity index is 984. The van der Waals surface area contributed by atoms with E-state index in [1.165, 1.54) is 0 Å². The van der Waals surface area contributed by atoms with Crippen LogP contribution in [0.1, 0.15) is 73.7 Å². The molecule has 196 valence electrons. The van der Waals surface area contributed by atoms with Gasteiger partial charge in [-0.2, -0.15) is 5.26 Å². The van der Waals surface area contributed by atoms with Gasteiger partial charge in [0.15, 0.2) is 0 Å². The topological polar surface area (TPSA) is 92.1 Å². The van der Waals surface area contributed by atoms with E-state index in [1.807, 2.05) is 7.05 Å². The molecule has 0 aromatic heterocycles. The van der Waals surface area contributed by atoms with Crippen molar-refractivity contribution in [2.75, 3.05) is 40.9 Å². The summed E-state index contributed by atoms with van der Waals surface area (Å²) in [5.74, 6) is 0.381. The molecule has 2 fully saturated rings. The van der Waals surface area contributed by atoms with Gasteiger partial charge in [-0.05, 0) is 49.3 Å². The molecular formula is C28H39N3O5.